The zero-order valence-electron chi connectivity index (χ0n) is 19.5. The molecule has 19 heteroatoms. The first-order chi connectivity index (χ1) is 16.6. The van der Waals surface area contributed by atoms with Crippen molar-refractivity contribution in [1.82, 2.24) is 16.0 Å². The first-order valence-electron chi connectivity index (χ1n) is 9.81. The van der Waals surface area contributed by atoms with E-state index in [1.165, 1.54) is 20.8 Å². The highest BCUT2D eigenvalue weighted by Gasteiger charge is 2.37. The molecule has 0 saturated carbocycles. The van der Waals surface area contributed by atoms with E-state index >= 15 is 0 Å². The largest absolute Gasteiger partial charge is 0.480 e. The Balaban J connectivity index is 0. The number of rotatable bonds is 16. The maximum absolute atomic E-state index is 11.7. The molecule has 204 valence electrons. The Kier molecular flexibility index (Phi) is 17.4. The monoisotopic (exact) mass is 556 g/mol. The minimum absolute atomic E-state index is 0.135. The lowest BCUT2D eigenvalue weighted by atomic mass is 10.0. The van der Waals surface area contributed by atoms with Crippen molar-refractivity contribution in [3.63, 3.8) is 0 Å². The topological polar surface area (TPSA) is 284 Å². The molecule has 0 aromatic heterocycles. The van der Waals surface area contributed by atoms with Gasteiger partial charge in [-0.3, -0.25) is 24.0 Å². The van der Waals surface area contributed by atoms with E-state index in [2.05, 4.69) is 25.1 Å². The predicted octanol–water partition coefficient (Wildman–Crippen LogP) is -0.952. The van der Waals surface area contributed by atoms with Gasteiger partial charge in [0.15, 0.2) is 0 Å². The molecule has 0 spiro atoms. The van der Waals surface area contributed by atoms with Crippen molar-refractivity contribution in [1.29, 1.82) is 0 Å². The SMILES string of the molecule is CC(=O)N[C@H](C(=O)O)C(C)(C)SN=O.NC(CCC(=O)NC(CSN=O)C(=O)NCC(=O)O)C(=O)O. The van der Waals surface area contributed by atoms with Crippen molar-refractivity contribution < 1.29 is 44.1 Å². The number of amides is 3. The quantitative estimate of drug-likeness (QED) is 0.0891. The summed E-state index contributed by atoms with van der Waals surface area (Å²) in [6.45, 7) is 3.61. The van der Waals surface area contributed by atoms with Crippen molar-refractivity contribution >= 4 is 59.5 Å². The lowest BCUT2D eigenvalue weighted by molar-refractivity contribution is -0.142. The number of carboxylic acids is 3. The van der Waals surface area contributed by atoms with Gasteiger partial charge in [0.2, 0.25) is 17.7 Å². The van der Waals surface area contributed by atoms with Gasteiger partial charge in [-0.1, -0.05) is 0 Å². The van der Waals surface area contributed by atoms with Crippen LogP contribution in [0.2, 0.25) is 0 Å². The van der Waals surface area contributed by atoms with Gasteiger partial charge in [-0.25, -0.2) is 4.79 Å². The minimum atomic E-state index is -1.27. The predicted molar refractivity (Wildman–Crippen MR) is 128 cm³/mol. The fourth-order valence-electron chi connectivity index (χ4n) is 2.14. The molecule has 3 amide bonds. The summed E-state index contributed by atoms with van der Waals surface area (Å²) in [7, 11) is 0. The van der Waals surface area contributed by atoms with Crippen molar-refractivity contribution in [3.05, 3.63) is 9.81 Å². The first-order valence-corrected chi connectivity index (χ1v) is 11.5. The molecule has 17 nitrogen and oxygen atoms in total. The summed E-state index contributed by atoms with van der Waals surface area (Å²) >= 11 is 1.06. The van der Waals surface area contributed by atoms with Gasteiger partial charge in [-0.15, -0.1) is 9.81 Å². The number of carboxylic acid groups (broad SMARTS) is 3. The normalized spacial score (nSPS) is 12.9. The van der Waals surface area contributed by atoms with E-state index in [1.54, 1.807) is 0 Å². The molecule has 0 saturated heterocycles. The van der Waals surface area contributed by atoms with Crippen LogP contribution in [0, 0.1) is 9.81 Å². The summed E-state index contributed by atoms with van der Waals surface area (Å²) in [4.78, 5) is 85.8. The average molecular weight is 557 g/mol. The van der Waals surface area contributed by atoms with Gasteiger partial charge in [0, 0.05) is 52.2 Å². The lowest BCUT2D eigenvalue weighted by Crippen LogP contribution is -2.51. The van der Waals surface area contributed by atoms with E-state index in [4.69, 9.17) is 21.1 Å². The maximum Gasteiger partial charge on any atom is 0.327 e. The number of hydrogen-bond acceptors (Lipinski definition) is 13. The van der Waals surface area contributed by atoms with Crippen molar-refractivity contribution in [3.8, 4) is 0 Å². The van der Waals surface area contributed by atoms with E-state index in [0.717, 1.165) is 0 Å². The molecule has 36 heavy (non-hydrogen) atoms. The Morgan fingerprint density at radius 2 is 1.56 bits per heavy atom. The summed E-state index contributed by atoms with van der Waals surface area (Å²) in [5.74, 6) is -5.83. The van der Waals surface area contributed by atoms with Crippen molar-refractivity contribution in [2.45, 2.75) is 56.5 Å². The zero-order chi connectivity index (χ0) is 28.5. The van der Waals surface area contributed by atoms with Crippen LogP contribution in [0.1, 0.15) is 33.6 Å². The first kappa shape index (κ1) is 34.8. The van der Waals surface area contributed by atoms with Crippen LogP contribution < -0.4 is 21.7 Å². The third-order valence-electron chi connectivity index (χ3n) is 3.92. The smallest absolute Gasteiger partial charge is 0.327 e. The number of nitrogens with one attached hydrogen (secondary N) is 3. The molecule has 0 bridgehead atoms. The molecule has 0 heterocycles. The number of aliphatic carboxylic acids is 3. The minimum Gasteiger partial charge on any atom is -0.480 e. The van der Waals surface area contributed by atoms with E-state index in [-0.39, 0.29) is 18.6 Å². The van der Waals surface area contributed by atoms with E-state index in [1.807, 2.05) is 0 Å². The molecule has 2 unspecified atom stereocenters. The van der Waals surface area contributed by atoms with Crippen LogP contribution in [-0.2, 0) is 28.8 Å². The van der Waals surface area contributed by atoms with Gasteiger partial charge < -0.3 is 37.0 Å². The third-order valence-corrected chi connectivity index (χ3v) is 5.29. The Morgan fingerprint density at radius 1 is 0.972 bits per heavy atom. The van der Waals surface area contributed by atoms with E-state index in [0.29, 0.717) is 23.9 Å². The van der Waals surface area contributed by atoms with Crippen LogP contribution in [0.15, 0.2) is 9.16 Å². The second-order valence-electron chi connectivity index (χ2n) is 7.33. The number of nitrogens with zero attached hydrogens (tertiary/aromatic N) is 2. The highest BCUT2D eigenvalue weighted by Crippen LogP contribution is 2.29. The van der Waals surface area contributed by atoms with Crippen LogP contribution in [0.5, 0.6) is 0 Å². The number of carbonyl (C=O) groups excluding carboxylic acids is 3. The molecular formula is C17H28N6O11S2. The molecule has 0 rings (SSSR count). The van der Waals surface area contributed by atoms with Crippen LogP contribution in [0.25, 0.3) is 0 Å². The van der Waals surface area contributed by atoms with Crippen LogP contribution >= 0.6 is 23.9 Å². The summed E-state index contributed by atoms with van der Waals surface area (Å²) in [5, 5.41) is 32.4. The summed E-state index contributed by atoms with van der Waals surface area (Å²) < 4.78 is 4.08. The summed E-state index contributed by atoms with van der Waals surface area (Å²) in [5.41, 5.74) is 5.23. The third kappa shape index (κ3) is 16.3. The fourth-order valence-corrected chi connectivity index (χ4v) is 3.04. The second-order valence-corrected chi connectivity index (χ2v) is 9.45. The summed E-state index contributed by atoms with van der Waals surface area (Å²) in [6, 6.07) is -3.52. The number of hydrogen-bond donors (Lipinski definition) is 7. The molecule has 0 aliphatic carbocycles. The molecule has 3 atom stereocenters. The van der Waals surface area contributed by atoms with Crippen LogP contribution in [0.3, 0.4) is 0 Å². The van der Waals surface area contributed by atoms with Gasteiger partial charge in [0.25, 0.3) is 0 Å². The van der Waals surface area contributed by atoms with Crippen LogP contribution in [0.4, 0.5) is 0 Å². The fraction of sp³-hybridized carbons (Fsp3) is 0.647. The molecule has 8 N–H and O–H groups in total. The number of nitrogens with two attached hydrogens (primary N) is 1. The highest BCUT2D eigenvalue weighted by molar-refractivity contribution is 7.99. The lowest BCUT2D eigenvalue weighted by Gasteiger charge is -2.27. The average Bonchev–Trinajstić information content (AvgIpc) is 2.76. The van der Waals surface area contributed by atoms with E-state index < -0.39 is 65.0 Å². The highest BCUT2D eigenvalue weighted by atomic mass is 32.2. The molecule has 0 aromatic rings. The molecule has 0 aliphatic rings. The zero-order valence-corrected chi connectivity index (χ0v) is 21.1. The Bertz CT molecular complexity index is 827. The molecule has 0 aliphatic heterocycles. The number of nitroso groups, excluding NO2 is 2. The Morgan fingerprint density at radius 3 is 1.97 bits per heavy atom. The molecule has 0 aromatic carbocycles. The van der Waals surface area contributed by atoms with Gasteiger partial charge in [0.1, 0.15) is 24.7 Å². The number of carbonyl (C=O) groups is 6. The van der Waals surface area contributed by atoms with Gasteiger partial charge in [-0.05, 0) is 20.3 Å². The van der Waals surface area contributed by atoms with Gasteiger partial charge in [-0.2, -0.15) is 0 Å². The second kappa shape index (κ2) is 18.0. The Labute approximate surface area is 213 Å². The molecular weight excluding hydrogens is 528 g/mol. The Hall–Kier alpha value is -3.32. The van der Waals surface area contributed by atoms with Crippen LogP contribution in [-0.4, -0.2) is 86.1 Å². The molecule has 0 radical (unpaired) electrons. The summed E-state index contributed by atoms with van der Waals surface area (Å²) in [6.07, 6.45) is -0.376. The van der Waals surface area contributed by atoms with Crippen molar-refractivity contribution in [2.24, 2.45) is 14.9 Å². The van der Waals surface area contributed by atoms with E-state index in [9.17, 15) is 38.6 Å². The maximum atomic E-state index is 11.7. The van der Waals surface area contributed by atoms with Gasteiger partial charge in [0.05, 0.1) is 4.75 Å². The van der Waals surface area contributed by atoms with Crippen molar-refractivity contribution in [2.75, 3.05) is 12.3 Å². The standard InChI is InChI=1S/C10H16N4O7S.C7H12N2O4S/c11-5(10(19)20)1-2-7(15)13-6(4-22-14-21)9(18)12-3-8(16)17;1-4(10)8-5(6(11)12)7(2,3)14-9-13/h5-6H,1-4,11H2,(H,12,18)(H,13,15)(H,16,17)(H,19,20);5H,1-3H3,(H,8,10)(H,11,12)/t;5-/m.1/s1. The van der Waals surface area contributed by atoms with Gasteiger partial charge >= 0.3 is 17.9 Å². The molecule has 0 fully saturated rings.